The predicted octanol–water partition coefficient (Wildman–Crippen LogP) is 2.12. The van der Waals surface area contributed by atoms with Crippen LogP contribution in [0, 0.1) is 12.3 Å². The Morgan fingerprint density at radius 3 is 3.00 bits per heavy atom. The number of ether oxygens (including phenoxy) is 1. The minimum absolute atomic E-state index is 0.590. The fraction of sp³-hybridized carbons (Fsp3) is 0.333. The summed E-state index contributed by atoms with van der Waals surface area (Å²) >= 11 is 0. The lowest BCUT2D eigenvalue weighted by atomic mass is 10.4. The molecule has 0 aliphatic carbocycles. The molecule has 0 aliphatic heterocycles. The van der Waals surface area contributed by atoms with Gasteiger partial charge in [-0.15, -0.1) is 12.3 Å². The lowest BCUT2D eigenvalue weighted by molar-refractivity contribution is 0.221. The van der Waals surface area contributed by atoms with E-state index in [9.17, 15) is 0 Å². The van der Waals surface area contributed by atoms with Gasteiger partial charge in [-0.25, -0.2) is 0 Å². The summed E-state index contributed by atoms with van der Waals surface area (Å²) in [5.74, 6) is 3.34. The molecular formula is C9H12O. The lowest BCUT2D eigenvalue weighted by Crippen LogP contribution is -1.89. The molecule has 0 aromatic heterocycles. The van der Waals surface area contributed by atoms with Crippen molar-refractivity contribution in [3.8, 4) is 12.3 Å². The molecule has 1 heteroatoms. The molecule has 0 atom stereocenters. The van der Waals surface area contributed by atoms with Crippen LogP contribution in [0.5, 0.6) is 0 Å². The second-order valence-electron chi connectivity index (χ2n) is 1.82. The average Bonchev–Trinajstić information content (AvgIpc) is 1.89. The molecule has 0 amide bonds. The first kappa shape index (κ1) is 8.84. The highest BCUT2D eigenvalue weighted by Crippen LogP contribution is 1.95. The summed E-state index contributed by atoms with van der Waals surface area (Å²) in [5.41, 5.74) is 0. The predicted molar refractivity (Wildman–Crippen MR) is 43.4 cm³/mol. The minimum Gasteiger partial charge on any atom is -0.497 e. The monoisotopic (exact) mass is 136 g/mol. The maximum Gasteiger partial charge on any atom is 0.0986 e. The molecule has 0 N–H and O–H groups in total. The third-order valence-electron chi connectivity index (χ3n) is 0.929. The van der Waals surface area contributed by atoms with Crippen LogP contribution in [0.25, 0.3) is 0 Å². The molecule has 0 aliphatic rings. The zero-order valence-electron chi connectivity index (χ0n) is 6.26. The van der Waals surface area contributed by atoms with Gasteiger partial charge in [0, 0.05) is 6.42 Å². The van der Waals surface area contributed by atoms with Gasteiger partial charge in [0.15, 0.2) is 0 Å². The standard InChI is InChI=1S/C9H12O/c1-4-6-8-10-9(3)7-5-2/h1,5,7H,2,6,8H2,3H3/b9-7+. The van der Waals surface area contributed by atoms with E-state index in [1.807, 2.05) is 6.92 Å². The zero-order valence-corrected chi connectivity index (χ0v) is 6.26. The van der Waals surface area contributed by atoms with E-state index in [1.165, 1.54) is 0 Å². The Hall–Kier alpha value is -1.16. The molecule has 10 heavy (non-hydrogen) atoms. The molecule has 0 bridgehead atoms. The summed E-state index contributed by atoms with van der Waals surface area (Å²) in [6.45, 7) is 6.00. The van der Waals surface area contributed by atoms with Crippen LogP contribution in [0.1, 0.15) is 13.3 Å². The van der Waals surface area contributed by atoms with Crippen LogP contribution in [0.2, 0.25) is 0 Å². The topological polar surface area (TPSA) is 9.23 Å². The molecule has 0 saturated carbocycles. The Labute approximate surface area is 62.4 Å². The van der Waals surface area contributed by atoms with E-state index in [4.69, 9.17) is 11.2 Å². The molecule has 0 aromatic rings. The van der Waals surface area contributed by atoms with Crippen molar-refractivity contribution in [2.24, 2.45) is 0 Å². The first-order valence-corrected chi connectivity index (χ1v) is 3.17. The molecule has 0 heterocycles. The van der Waals surface area contributed by atoms with E-state index in [1.54, 1.807) is 12.2 Å². The molecular weight excluding hydrogens is 124 g/mol. The van der Waals surface area contributed by atoms with Crippen molar-refractivity contribution in [3.63, 3.8) is 0 Å². The Balaban J connectivity index is 3.41. The van der Waals surface area contributed by atoms with E-state index in [0.717, 1.165) is 5.76 Å². The van der Waals surface area contributed by atoms with Gasteiger partial charge < -0.3 is 4.74 Å². The Morgan fingerprint density at radius 1 is 1.80 bits per heavy atom. The second-order valence-corrected chi connectivity index (χ2v) is 1.82. The SMILES string of the molecule is C#CCCO/C(C)=C/C=C. The summed E-state index contributed by atoms with van der Waals surface area (Å²) in [5, 5.41) is 0. The van der Waals surface area contributed by atoms with Gasteiger partial charge in [0.2, 0.25) is 0 Å². The fourth-order valence-corrected chi connectivity index (χ4v) is 0.485. The number of rotatable bonds is 4. The Kier molecular flexibility index (Phi) is 5.28. The summed E-state index contributed by atoms with van der Waals surface area (Å²) in [4.78, 5) is 0. The van der Waals surface area contributed by atoms with Gasteiger partial charge in [-0.3, -0.25) is 0 Å². The first-order valence-electron chi connectivity index (χ1n) is 3.17. The maximum absolute atomic E-state index is 5.17. The van der Waals surface area contributed by atoms with Crippen molar-refractivity contribution in [3.05, 3.63) is 24.5 Å². The molecule has 0 saturated heterocycles. The largest absolute Gasteiger partial charge is 0.497 e. The number of hydrogen-bond acceptors (Lipinski definition) is 1. The molecule has 0 aromatic carbocycles. The molecule has 0 fully saturated rings. The quantitative estimate of drug-likeness (QED) is 0.249. The Bertz CT molecular complexity index is 160. The van der Waals surface area contributed by atoms with E-state index in [-0.39, 0.29) is 0 Å². The highest BCUT2D eigenvalue weighted by molar-refractivity contribution is 5.01. The molecule has 54 valence electrons. The fourth-order valence-electron chi connectivity index (χ4n) is 0.485. The molecule has 0 unspecified atom stereocenters. The van der Waals surface area contributed by atoms with Crippen LogP contribution < -0.4 is 0 Å². The van der Waals surface area contributed by atoms with Gasteiger partial charge in [0.25, 0.3) is 0 Å². The molecule has 0 spiro atoms. The summed E-state index contributed by atoms with van der Waals surface area (Å²) in [7, 11) is 0. The third kappa shape index (κ3) is 4.99. The average molecular weight is 136 g/mol. The van der Waals surface area contributed by atoms with Crippen LogP contribution >= 0.6 is 0 Å². The normalized spacial score (nSPS) is 10.2. The van der Waals surface area contributed by atoms with Crippen LogP contribution in [-0.2, 0) is 4.74 Å². The molecule has 0 rings (SSSR count). The Morgan fingerprint density at radius 2 is 2.50 bits per heavy atom. The summed E-state index contributed by atoms with van der Waals surface area (Å²) < 4.78 is 5.17. The first-order chi connectivity index (χ1) is 4.81. The molecule has 1 nitrogen and oxygen atoms in total. The van der Waals surface area contributed by atoms with E-state index >= 15 is 0 Å². The van der Waals surface area contributed by atoms with E-state index < -0.39 is 0 Å². The van der Waals surface area contributed by atoms with Crippen LogP contribution in [0.4, 0.5) is 0 Å². The van der Waals surface area contributed by atoms with Gasteiger partial charge in [-0.1, -0.05) is 12.7 Å². The molecule has 0 radical (unpaired) electrons. The van der Waals surface area contributed by atoms with Gasteiger partial charge in [-0.05, 0) is 13.0 Å². The highest BCUT2D eigenvalue weighted by Gasteiger charge is 1.84. The number of terminal acetylenes is 1. The van der Waals surface area contributed by atoms with Crippen molar-refractivity contribution in [1.29, 1.82) is 0 Å². The van der Waals surface area contributed by atoms with Crippen LogP contribution in [-0.4, -0.2) is 6.61 Å². The van der Waals surface area contributed by atoms with Crippen LogP contribution in [0.15, 0.2) is 24.5 Å². The van der Waals surface area contributed by atoms with Crippen molar-refractivity contribution in [2.45, 2.75) is 13.3 Å². The number of allylic oxidation sites excluding steroid dienone is 3. The van der Waals surface area contributed by atoms with Crippen molar-refractivity contribution >= 4 is 0 Å². The third-order valence-corrected chi connectivity index (χ3v) is 0.929. The zero-order chi connectivity index (χ0) is 7.82. The maximum atomic E-state index is 5.17. The van der Waals surface area contributed by atoms with Gasteiger partial charge in [-0.2, -0.15) is 0 Å². The van der Waals surface area contributed by atoms with Crippen molar-refractivity contribution in [2.75, 3.05) is 6.61 Å². The summed E-state index contributed by atoms with van der Waals surface area (Å²) in [6, 6.07) is 0. The van der Waals surface area contributed by atoms with Crippen molar-refractivity contribution < 1.29 is 4.74 Å². The van der Waals surface area contributed by atoms with Gasteiger partial charge in [0.05, 0.1) is 12.4 Å². The highest BCUT2D eigenvalue weighted by atomic mass is 16.5. The smallest absolute Gasteiger partial charge is 0.0986 e. The van der Waals surface area contributed by atoms with Crippen molar-refractivity contribution in [1.82, 2.24) is 0 Å². The minimum atomic E-state index is 0.590. The van der Waals surface area contributed by atoms with Crippen LogP contribution in [0.3, 0.4) is 0 Å². The van der Waals surface area contributed by atoms with E-state index in [0.29, 0.717) is 13.0 Å². The van der Waals surface area contributed by atoms with Gasteiger partial charge in [0.1, 0.15) is 0 Å². The summed E-state index contributed by atoms with van der Waals surface area (Å²) in [6.07, 6.45) is 9.16. The lowest BCUT2D eigenvalue weighted by Gasteiger charge is -2.01. The second kappa shape index (κ2) is 5.97. The van der Waals surface area contributed by atoms with Gasteiger partial charge >= 0.3 is 0 Å². The van der Waals surface area contributed by atoms with E-state index in [2.05, 4.69) is 12.5 Å². The number of hydrogen-bond donors (Lipinski definition) is 0.